The van der Waals surface area contributed by atoms with E-state index in [0.717, 1.165) is 12.1 Å². The molecule has 110 valence electrons. The lowest BCUT2D eigenvalue weighted by Gasteiger charge is -2.21. The van der Waals surface area contributed by atoms with Crippen LogP contribution in [0.2, 0.25) is 0 Å². The molecule has 0 amide bonds. The van der Waals surface area contributed by atoms with Gasteiger partial charge in [-0.2, -0.15) is 0 Å². The lowest BCUT2D eigenvalue weighted by Crippen LogP contribution is -2.21. The Hall–Kier alpha value is -1.72. The predicted molar refractivity (Wildman–Crippen MR) is 68.4 cm³/mol. The Morgan fingerprint density at radius 1 is 1.20 bits per heavy atom. The number of carbonyl (C=O) groups is 2. The minimum absolute atomic E-state index is 0.204. The molecule has 6 nitrogen and oxygen atoms in total. The topological polar surface area (TPSA) is 112 Å². The largest absolute Gasteiger partial charge is 0.481 e. The van der Waals surface area contributed by atoms with Crippen LogP contribution < -0.4 is 0 Å². The van der Waals surface area contributed by atoms with Gasteiger partial charge in [-0.05, 0) is 24.1 Å². The molecule has 0 saturated heterocycles. The quantitative estimate of drug-likeness (QED) is 0.663. The summed E-state index contributed by atoms with van der Waals surface area (Å²) in [7, 11) is -3.27. The SMILES string of the molecule is O=C(O)CCC(C(=O)O)C(c1ccc(F)cc1)[PH](=O)O. The minimum Gasteiger partial charge on any atom is -0.481 e. The van der Waals surface area contributed by atoms with Gasteiger partial charge < -0.3 is 15.1 Å². The number of halogens is 1. The summed E-state index contributed by atoms with van der Waals surface area (Å²) < 4.78 is 24.3. The summed E-state index contributed by atoms with van der Waals surface area (Å²) in [5.41, 5.74) is -1.03. The molecule has 8 heteroatoms. The normalized spacial score (nSPS) is 15.3. The van der Waals surface area contributed by atoms with Crippen molar-refractivity contribution in [2.75, 3.05) is 0 Å². The first-order chi connectivity index (χ1) is 9.32. The van der Waals surface area contributed by atoms with Crippen LogP contribution in [0.4, 0.5) is 4.39 Å². The van der Waals surface area contributed by atoms with Crippen molar-refractivity contribution in [3.8, 4) is 0 Å². The van der Waals surface area contributed by atoms with Crippen molar-refractivity contribution in [2.45, 2.75) is 18.5 Å². The molecule has 3 atom stereocenters. The van der Waals surface area contributed by atoms with Gasteiger partial charge in [0.15, 0.2) is 8.03 Å². The van der Waals surface area contributed by atoms with E-state index >= 15 is 0 Å². The molecular formula is C12H14FO6P. The van der Waals surface area contributed by atoms with Crippen molar-refractivity contribution in [1.29, 1.82) is 0 Å². The lowest BCUT2D eigenvalue weighted by atomic mass is 9.94. The van der Waals surface area contributed by atoms with Gasteiger partial charge >= 0.3 is 11.9 Å². The number of carboxylic acids is 2. The third-order valence-corrected chi connectivity index (χ3v) is 4.15. The fourth-order valence-electron chi connectivity index (χ4n) is 1.93. The molecule has 0 radical (unpaired) electrons. The van der Waals surface area contributed by atoms with Gasteiger partial charge in [0.2, 0.25) is 0 Å². The molecule has 0 heterocycles. The van der Waals surface area contributed by atoms with Crippen LogP contribution in [-0.4, -0.2) is 27.0 Å². The van der Waals surface area contributed by atoms with Gasteiger partial charge in [-0.15, -0.1) is 0 Å². The number of benzene rings is 1. The van der Waals surface area contributed by atoms with Crippen LogP contribution in [-0.2, 0) is 14.2 Å². The Kier molecular flexibility index (Phi) is 5.85. The van der Waals surface area contributed by atoms with Gasteiger partial charge in [0.25, 0.3) is 0 Å². The molecule has 0 spiro atoms. The van der Waals surface area contributed by atoms with Crippen LogP contribution in [0.3, 0.4) is 0 Å². The van der Waals surface area contributed by atoms with E-state index in [-0.39, 0.29) is 12.0 Å². The molecule has 0 saturated carbocycles. The zero-order valence-electron chi connectivity index (χ0n) is 10.3. The van der Waals surface area contributed by atoms with Gasteiger partial charge in [0.05, 0.1) is 11.6 Å². The molecule has 1 rings (SSSR count). The Bertz CT molecular complexity index is 515. The number of rotatable bonds is 7. The third-order valence-electron chi connectivity index (χ3n) is 2.88. The lowest BCUT2D eigenvalue weighted by molar-refractivity contribution is -0.143. The molecule has 0 aliphatic heterocycles. The van der Waals surface area contributed by atoms with Crippen molar-refractivity contribution in [1.82, 2.24) is 0 Å². The maximum Gasteiger partial charge on any atom is 0.307 e. The van der Waals surface area contributed by atoms with Crippen molar-refractivity contribution >= 4 is 20.0 Å². The smallest absolute Gasteiger partial charge is 0.307 e. The van der Waals surface area contributed by atoms with Crippen LogP contribution in [0.25, 0.3) is 0 Å². The van der Waals surface area contributed by atoms with E-state index in [1.807, 2.05) is 0 Å². The monoisotopic (exact) mass is 304 g/mol. The van der Waals surface area contributed by atoms with Crippen LogP contribution in [0.15, 0.2) is 24.3 Å². The van der Waals surface area contributed by atoms with Gasteiger partial charge in [-0.3, -0.25) is 14.2 Å². The first-order valence-corrected chi connectivity index (χ1v) is 7.19. The van der Waals surface area contributed by atoms with Gasteiger partial charge in [-0.1, -0.05) is 12.1 Å². The Morgan fingerprint density at radius 2 is 1.75 bits per heavy atom. The summed E-state index contributed by atoms with van der Waals surface area (Å²) in [4.78, 5) is 31.1. The second kappa shape index (κ2) is 7.17. The summed E-state index contributed by atoms with van der Waals surface area (Å²) in [5, 5.41) is 17.7. The Labute approximate surface area is 114 Å². The van der Waals surface area contributed by atoms with Crippen LogP contribution in [0.1, 0.15) is 24.1 Å². The summed E-state index contributed by atoms with van der Waals surface area (Å²) >= 11 is 0. The Balaban J connectivity index is 3.08. The highest BCUT2D eigenvalue weighted by atomic mass is 31.1. The number of hydrogen-bond acceptors (Lipinski definition) is 3. The predicted octanol–water partition coefficient (Wildman–Crippen LogP) is 1.90. The third kappa shape index (κ3) is 4.43. The number of aliphatic carboxylic acids is 2. The van der Waals surface area contributed by atoms with Gasteiger partial charge in [0, 0.05) is 6.42 Å². The molecule has 20 heavy (non-hydrogen) atoms. The van der Waals surface area contributed by atoms with Gasteiger partial charge in [0.1, 0.15) is 5.82 Å². The van der Waals surface area contributed by atoms with E-state index in [2.05, 4.69) is 0 Å². The molecule has 0 aliphatic carbocycles. The molecule has 0 aromatic heterocycles. The standard InChI is InChI=1S/C12H14FO6P/c13-8-3-1-7(2-4-8)11(20(18)19)9(12(16)17)5-6-10(14)15/h1-4,9,11,20H,5-6H2,(H,14,15)(H,16,17)(H,18,19). The average Bonchev–Trinajstić information content (AvgIpc) is 2.34. The van der Waals surface area contributed by atoms with E-state index in [0.29, 0.717) is 0 Å². The molecule has 0 aliphatic rings. The Morgan fingerprint density at radius 3 is 2.15 bits per heavy atom. The van der Waals surface area contributed by atoms with Crippen molar-refractivity contribution < 1.29 is 33.7 Å². The van der Waals surface area contributed by atoms with E-state index in [1.54, 1.807) is 0 Å². The molecule has 1 aromatic rings. The number of hydrogen-bond donors (Lipinski definition) is 3. The molecule has 3 N–H and O–H groups in total. The molecule has 0 bridgehead atoms. The first kappa shape index (κ1) is 16.3. The first-order valence-electron chi connectivity index (χ1n) is 5.75. The van der Waals surface area contributed by atoms with E-state index in [1.165, 1.54) is 12.1 Å². The summed E-state index contributed by atoms with van der Waals surface area (Å²) in [6.45, 7) is 0. The highest BCUT2D eigenvalue weighted by Crippen LogP contribution is 2.45. The fraction of sp³-hybridized carbons (Fsp3) is 0.333. The molecule has 3 unspecified atom stereocenters. The second-order valence-corrected chi connectivity index (χ2v) is 5.54. The van der Waals surface area contributed by atoms with E-state index in [9.17, 15) is 23.4 Å². The van der Waals surface area contributed by atoms with Crippen LogP contribution >= 0.6 is 8.03 Å². The maximum absolute atomic E-state index is 12.8. The van der Waals surface area contributed by atoms with E-state index < -0.39 is 43.8 Å². The average molecular weight is 304 g/mol. The van der Waals surface area contributed by atoms with Crippen LogP contribution in [0.5, 0.6) is 0 Å². The summed E-state index contributed by atoms with van der Waals surface area (Å²) in [5.74, 6) is -4.41. The van der Waals surface area contributed by atoms with Crippen molar-refractivity contribution in [3.05, 3.63) is 35.6 Å². The highest BCUT2D eigenvalue weighted by molar-refractivity contribution is 7.38. The zero-order valence-corrected chi connectivity index (χ0v) is 11.3. The molecule has 1 aromatic carbocycles. The maximum atomic E-state index is 12.8. The van der Waals surface area contributed by atoms with Crippen LogP contribution in [0, 0.1) is 11.7 Å². The molecule has 0 fully saturated rings. The minimum atomic E-state index is -3.27. The molecular weight excluding hydrogens is 290 g/mol. The van der Waals surface area contributed by atoms with Gasteiger partial charge in [-0.25, -0.2) is 4.39 Å². The van der Waals surface area contributed by atoms with E-state index in [4.69, 9.17) is 10.2 Å². The second-order valence-electron chi connectivity index (χ2n) is 4.24. The summed E-state index contributed by atoms with van der Waals surface area (Å²) in [6.07, 6.45) is -0.701. The number of carboxylic acid groups (broad SMARTS) is 2. The highest BCUT2D eigenvalue weighted by Gasteiger charge is 2.33. The zero-order chi connectivity index (χ0) is 15.3. The van der Waals surface area contributed by atoms with Crippen molar-refractivity contribution in [2.24, 2.45) is 5.92 Å². The fourth-order valence-corrected chi connectivity index (χ4v) is 3.06. The summed E-state index contributed by atoms with van der Waals surface area (Å²) in [6, 6.07) is 4.58. The van der Waals surface area contributed by atoms with Crippen molar-refractivity contribution in [3.63, 3.8) is 0 Å².